The van der Waals surface area contributed by atoms with Crippen LogP contribution >= 0.6 is 0 Å². The molecule has 1 saturated heterocycles. The Labute approximate surface area is 123 Å². The first-order valence-electron chi connectivity index (χ1n) is 7.44. The molecule has 3 rings (SSSR count). The highest BCUT2D eigenvalue weighted by Crippen LogP contribution is 2.32. The molecule has 0 spiro atoms. The molecule has 5 heteroatoms. The molecular formula is C16H19N3O2. The summed E-state index contributed by atoms with van der Waals surface area (Å²) >= 11 is 0. The van der Waals surface area contributed by atoms with E-state index in [0.717, 1.165) is 36.0 Å². The van der Waals surface area contributed by atoms with Gasteiger partial charge in [0.05, 0.1) is 11.2 Å². The number of carboxylic acids is 1. The lowest BCUT2D eigenvalue weighted by molar-refractivity contribution is 0.0690. The summed E-state index contributed by atoms with van der Waals surface area (Å²) in [5.74, 6) is -1.01. The Kier molecular flexibility index (Phi) is 3.73. The number of carboxylic acid groups (broad SMARTS) is 1. The van der Waals surface area contributed by atoms with E-state index in [4.69, 9.17) is 0 Å². The lowest BCUT2D eigenvalue weighted by Gasteiger charge is -2.31. The summed E-state index contributed by atoms with van der Waals surface area (Å²) in [4.78, 5) is 13.8. The quantitative estimate of drug-likeness (QED) is 0.918. The van der Waals surface area contributed by atoms with Gasteiger partial charge < -0.3 is 10.0 Å². The van der Waals surface area contributed by atoms with Gasteiger partial charge in [-0.1, -0.05) is 31.0 Å². The summed E-state index contributed by atoms with van der Waals surface area (Å²) in [5, 5.41) is 18.4. The maximum Gasteiger partial charge on any atom is 0.358 e. The Hall–Kier alpha value is -2.17. The van der Waals surface area contributed by atoms with Crippen molar-refractivity contribution in [2.45, 2.75) is 38.6 Å². The van der Waals surface area contributed by atoms with Gasteiger partial charge in [0.2, 0.25) is 0 Å². The number of fused-ring (bicyclic) bond motifs is 1. The highest BCUT2D eigenvalue weighted by Gasteiger charge is 2.26. The normalized spacial score (nSPS) is 19.5. The minimum atomic E-state index is -1.01. The minimum Gasteiger partial charge on any atom is -0.476 e. The summed E-state index contributed by atoms with van der Waals surface area (Å²) in [6.07, 6.45) is 4.55. The lowest BCUT2D eigenvalue weighted by atomic mass is 10.1. The van der Waals surface area contributed by atoms with Crippen LogP contribution in [0, 0.1) is 0 Å². The Morgan fingerprint density at radius 2 is 2.05 bits per heavy atom. The van der Waals surface area contributed by atoms with Gasteiger partial charge in [-0.25, -0.2) is 4.79 Å². The van der Waals surface area contributed by atoms with Crippen LogP contribution in [0.2, 0.25) is 0 Å². The minimum absolute atomic E-state index is 0.0578. The van der Waals surface area contributed by atoms with Crippen LogP contribution in [0.4, 0.5) is 5.69 Å². The zero-order valence-corrected chi connectivity index (χ0v) is 12.1. The maximum absolute atomic E-state index is 11.6. The first-order valence-corrected chi connectivity index (χ1v) is 7.44. The van der Waals surface area contributed by atoms with E-state index in [-0.39, 0.29) is 5.69 Å². The molecular weight excluding hydrogens is 266 g/mol. The van der Waals surface area contributed by atoms with Crippen molar-refractivity contribution in [1.82, 2.24) is 10.2 Å². The van der Waals surface area contributed by atoms with Gasteiger partial charge >= 0.3 is 5.97 Å². The van der Waals surface area contributed by atoms with Crippen molar-refractivity contribution in [2.75, 3.05) is 11.4 Å². The third kappa shape index (κ3) is 2.55. The van der Waals surface area contributed by atoms with Crippen LogP contribution in [0.3, 0.4) is 0 Å². The van der Waals surface area contributed by atoms with Crippen molar-refractivity contribution in [3.8, 4) is 0 Å². The van der Waals surface area contributed by atoms with Gasteiger partial charge in [0.25, 0.3) is 0 Å². The van der Waals surface area contributed by atoms with Crippen molar-refractivity contribution in [3.63, 3.8) is 0 Å². The highest BCUT2D eigenvalue weighted by molar-refractivity contribution is 6.02. The van der Waals surface area contributed by atoms with Gasteiger partial charge in [0, 0.05) is 18.0 Å². The molecule has 1 aliphatic heterocycles. The topological polar surface area (TPSA) is 66.3 Å². The SMILES string of the molecule is CC1CCCCCN1c1c(C(=O)O)nnc2ccccc12. The van der Waals surface area contributed by atoms with Crippen LogP contribution in [-0.4, -0.2) is 33.9 Å². The summed E-state index contributed by atoms with van der Waals surface area (Å²) in [7, 11) is 0. The number of hydrogen-bond acceptors (Lipinski definition) is 4. The van der Waals surface area contributed by atoms with E-state index in [9.17, 15) is 9.90 Å². The maximum atomic E-state index is 11.6. The third-order valence-corrected chi connectivity index (χ3v) is 4.18. The van der Waals surface area contributed by atoms with Crippen molar-refractivity contribution in [2.24, 2.45) is 0 Å². The number of rotatable bonds is 2. The second kappa shape index (κ2) is 5.68. The number of carbonyl (C=O) groups is 1. The van der Waals surface area contributed by atoms with Gasteiger partial charge in [-0.15, -0.1) is 10.2 Å². The number of aromatic nitrogens is 2. The first-order chi connectivity index (χ1) is 10.2. The van der Waals surface area contributed by atoms with Crippen LogP contribution in [0.5, 0.6) is 0 Å². The van der Waals surface area contributed by atoms with E-state index >= 15 is 0 Å². The fourth-order valence-corrected chi connectivity index (χ4v) is 3.08. The van der Waals surface area contributed by atoms with Crippen LogP contribution in [0.15, 0.2) is 24.3 Å². The highest BCUT2D eigenvalue weighted by atomic mass is 16.4. The molecule has 1 aromatic carbocycles. The Bertz CT molecular complexity index is 672. The molecule has 2 aromatic rings. The molecule has 0 bridgehead atoms. The molecule has 1 unspecified atom stereocenters. The van der Waals surface area contributed by atoms with E-state index in [2.05, 4.69) is 22.0 Å². The Morgan fingerprint density at radius 1 is 1.24 bits per heavy atom. The molecule has 21 heavy (non-hydrogen) atoms. The smallest absolute Gasteiger partial charge is 0.358 e. The van der Waals surface area contributed by atoms with Gasteiger partial charge in [0.1, 0.15) is 0 Å². The zero-order chi connectivity index (χ0) is 14.8. The van der Waals surface area contributed by atoms with Crippen molar-refractivity contribution >= 4 is 22.6 Å². The molecule has 1 fully saturated rings. The molecule has 1 aliphatic rings. The third-order valence-electron chi connectivity index (χ3n) is 4.18. The van der Waals surface area contributed by atoms with Gasteiger partial charge in [-0.05, 0) is 25.8 Å². The van der Waals surface area contributed by atoms with E-state index in [1.165, 1.54) is 12.8 Å². The van der Waals surface area contributed by atoms with Gasteiger partial charge in [-0.3, -0.25) is 0 Å². The molecule has 1 atom stereocenters. The van der Waals surface area contributed by atoms with Crippen LogP contribution < -0.4 is 4.90 Å². The fraction of sp³-hybridized carbons (Fsp3) is 0.438. The largest absolute Gasteiger partial charge is 0.476 e. The number of anilines is 1. The molecule has 0 amide bonds. The van der Waals surface area contributed by atoms with Crippen LogP contribution in [0.1, 0.15) is 43.1 Å². The number of benzene rings is 1. The fourth-order valence-electron chi connectivity index (χ4n) is 3.08. The molecule has 1 aromatic heterocycles. The van der Waals surface area contributed by atoms with E-state index in [1.807, 2.05) is 24.3 Å². The predicted octanol–water partition coefficient (Wildman–Crippen LogP) is 3.10. The second-order valence-electron chi connectivity index (χ2n) is 5.61. The molecule has 0 saturated carbocycles. The van der Waals surface area contributed by atoms with Crippen LogP contribution in [0.25, 0.3) is 10.9 Å². The van der Waals surface area contributed by atoms with Crippen molar-refractivity contribution < 1.29 is 9.90 Å². The molecule has 110 valence electrons. The summed E-state index contributed by atoms with van der Waals surface area (Å²) in [5.41, 5.74) is 1.53. The molecule has 0 aliphatic carbocycles. The van der Waals surface area contributed by atoms with E-state index in [0.29, 0.717) is 6.04 Å². The summed E-state index contributed by atoms with van der Waals surface area (Å²) in [6.45, 7) is 3.03. The lowest BCUT2D eigenvalue weighted by Crippen LogP contribution is -2.34. The Balaban J connectivity index is 2.22. The van der Waals surface area contributed by atoms with Crippen molar-refractivity contribution in [3.05, 3.63) is 30.0 Å². The zero-order valence-electron chi connectivity index (χ0n) is 12.1. The molecule has 2 heterocycles. The Morgan fingerprint density at radius 3 is 2.86 bits per heavy atom. The second-order valence-corrected chi connectivity index (χ2v) is 5.61. The van der Waals surface area contributed by atoms with Gasteiger partial charge in [0.15, 0.2) is 5.69 Å². The number of aromatic carboxylic acids is 1. The monoisotopic (exact) mass is 285 g/mol. The average molecular weight is 285 g/mol. The molecule has 0 radical (unpaired) electrons. The average Bonchev–Trinajstić information content (AvgIpc) is 2.70. The van der Waals surface area contributed by atoms with Gasteiger partial charge in [-0.2, -0.15) is 0 Å². The first kappa shape index (κ1) is 13.8. The van der Waals surface area contributed by atoms with Crippen molar-refractivity contribution in [1.29, 1.82) is 0 Å². The number of hydrogen-bond donors (Lipinski definition) is 1. The van der Waals surface area contributed by atoms with E-state index < -0.39 is 5.97 Å². The molecule has 1 N–H and O–H groups in total. The summed E-state index contributed by atoms with van der Waals surface area (Å²) < 4.78 is 0. The summed E-state index contributed by atoms with van der Waals surface area (Å²) in [6, 6.07) is 7.94. The number of nitrogens with zero attached hydrogens (tertiary/aromatic N) is 3. The van der Waals surface area contributed by atoms with E-state index in [1.54, 1.807) is 0 Å². The standard InChI is InChI=1S/C16H19N3O2/c1-11-7-3-2-6-10-19(11)15-12-8-4-5-9-13(12)17-18-14(15)16(20)21/h4-5,8-9,11H,2-3,6-7,10H2,1H3,(H,20,21). The molecule has 5 nitrogen and oxygen atoms in total. The van der Waals surface area contributed by atoms with Crippen LogP contribution in [-0.2, 0) is 0 Å². The predicted molar refractivity (Wildman–Crippen MR) is 81.8 cm³/mol.